The average molecular weight is 361 g/mol. The van der Waals surface area contributed by atoms with Gasteiger partial charge in [0.15, 0.2) is 0 Å². The fraction of sp³-hybridized carbons (Fsp3) is 0.286. The van der Waals surface area contributed by atoms with Crippen LogP contribution in [-0.4, -0.2) is 40.4 Å². The Morgan fingerprint density at radius 3 is 2.67 bits per heavy atom. The minimum atomic E-state index is -0.488. The van der Waals surface area contributed by atoms with Crippen LogP contribution in [0.3, 0.4) is 0 Å². The van der Waals surface area contributed by atoms with Crippen molar-refractivity contribution in [1.29, 1.82) is 0 Å². The van der Waals surface area contributed by atoms with E-state index in [9.17, 15) is 4.79 Å². The number of hydrogen-bond donors (Lipinski definition) is 2. The summed E-state index contributed by atoms with van der Waals surface area (Å²) in [5.74, 6) is 0.222. The Bertz CT molecular complexity index is 955. The molecular weight excluding hydrogens is 338 g/mol. The molecular formula is C21H23N5O. The number of benzene rings is 2. The van der Waals surface area contributed by atoms with Crippen molar-refractivity contribution in [3.63, 3.8) is 0 Å². The molecule has 1 heterocycles. The molecule has 1 aromatic heterocycles. The summed E-state index contributed by atoms with van der Waals surface area (Å²) in [7, 11) is 2.17. The molecule has 1 saturated carbocycles. The van der Waals surface area contributed by atoms with Crippen molar-refractivity contribution in [2.45, 2.75) is 24.9 Å². The highest BCUT2D eigenvalue weighted by atomic mass is 16.1. The number of nitrogens with zero attached hydrogens (tertiary/aromatic N) is 3. The number of anilines is 1. The topological polar surface area (TPSA) is 84.1 Å². The predicted octanol–water partition coefficient (Wildman–Crippen LogP) is 2.98. The molecule has 1 aliphatic rings. The van der Waals surface area contributed by atoms with E-state index in [0.29, 0.717) is 22.9 Å². The van der Waals surface area contributed by atoms with E-state index in [0.717, 1.165) is 11.9 Å². The molecule has 0 aliphatic heterocycles. The number of aromatic nitrogens is 2. The van der Waals surface area contributed by atoms with E-state index in [4.69, 9.17) is 5.73 Å². The van der Waals surface area contributed by atoms with E-state index in [1.54, 1.807) is 6.07 Å². The van der Waals surface area contributed by atoms with Crippen LogP contribution >= 0.6 is 0 Å². The van der Waals surface area contributed by atoms with Gasteiger partial charge in [-0.05, 0) is 37.6 Å². The molecule has 3 N–H and O–H groups in total. The third kappa shape index (κ3) is 3.75. The molecule has 138 valence electrons. The van der Waals surface area contributed by atoms with Gasteiger partial charge in [-0.2, -0.15) is 0 Å². The molecule has 27 heavy (non-hydrogen) atoms. The average Bonchev–Trinajstić information content (AvgIpc) is 3.53. The lowest BCUT2D eigenvalue weighted by molar-refractivity contribution is 0.100. The van der Waals surface area contributed by atoms with E-state index in [-0.39, 0.29) is 6.04 Å². The van der Waals surface area contributed by atoms with Gasteiger partial charge in [0.2, 0.25) is 0 Å². The van der Waals surface area contributed by atoms with E-state index >= 15 is 0 Å². The first kappa shape index (κ1) is 17.4. The third-order valence-electron chi connectivity index (χ3n) is 5.08. The summed E-state index contributed by atoms with van der Waals surface area (Å²) in [4.78, 5) is 22.9. The molecule has 1 atom stereocenters. The van der Waals surface area contributed by atoms with Crippen LogP contribution in [0.5, 0.6) is 0 Å². The number of primary amides is 1. The molecule has 3 aromatic rings. The molecule has 1 fully saturated rings. The van der Waals surface area contributed by atoms with Crippen LogP contribution in [-0.2, 0) is 0 Å². The van der Waals surface area contributed by atoms with Gasteiger partial charge in [0.25, 0.3) is 5.91 Å². The van der Waals surface area contributed by atoms with Crippen molar-refractivity contribution < 1.29 is 4.79 Å². The number of carbonyl (C=O) groups is 1. The van der Waals surface area contributed by atoms with Crippen molar-refractivity contribution in [2.24, 2.45) is 5.73 Å². The molecule has 0 unspecified atom stereocenters. The molecule has 0 bridgehead atoms. The van der Waals surface area contributed by atoms with Crippen LogP contribution in [0, 0.1) is 0 Å². The first-order chi connectivity index (χ1) is 13.1. The predicted molar refractivity (Wildman–Crippen MR) is 107 cm³/mol. The lowest BCUT2D eigenvalue weighted by Crippen LogP contribution is -2.30. The lowest BCUT2D eigenvalue weighted by Gasteiger charge is -2.26. The SMILES string of the molecule is CN(C[C@@H](Nc1ncnc2c(C(N)=O)cccc12)c1ccccc1)C1CC1. The van der Waals surface area contributed by atoms with Gasteiger partial charge < -0.3 is 16.0 Å². The number of rotatable bonds is 7. The van der Waals surface area contributed by atoms with Crippen LogP contribution in [0.4, 0.5) is 5.82 Å². The van der Waals surface area contributed by atoms with Crippen LogP contribution in [0.2, 0.25) is 0 Å². The number of carbonyl (C=O) groups excluding carboxylic acids is 1. The first-order valence-electron chi connectivity index (χ1n) is 9.18. The highest BCUT2D eigenvalue weighted by molar-refractivity contribution is 6.06. The largest absolute Gasteiger partial charge is 0.366 e. The van der Waals surface area contributed by atoms with E-state index in [2.05, 4.69) is 39.4 Å². The molecule has 0 radical (unpaired) electrons. The Morgan fingerprint density at radius 1 is 1.19 bits per heavy atom. The van der Waals surface area contributed by atoms with Crippen LogP contribution in [0.1, 0.15) is 34.8 Å². The van der Waals surface area contributed by atoms with E-state index < -0.39 is 5.91 Å². The monoisotopic (exact) mass is 361 g/mol. The van der Waals surface area contributed by atoms with Crippen LogP contribution < -0.4 is 11.1 Å². The van der Waals surface area contributed by atoms with Crippen molar-refractivity contribution in [3.8, 4) is 0 Å². The molecule has 1 amide bonds. The molecule has 2 aromatic carbocycles. The number of nitrogens with two attached hydrogens (primary N) is 1. The second-order valence-corrected chi connectivity index (χ2v) is 7.07. The van der Waals surface area contributed by atoms with Gasteiger partial charge in [0.05, 0.1) is 17.1 Å². The van der Waals surface area contributed by atoms with Gasteiger partial charge in [-0.25, -0.2) is 9.97 Å². The zero-order chi connectivity index (χ0) is 18.8. The van der Waals surface area contributed by atoms with Gasteiger partial charge >= 0.3 is 0 Å². The maximum absolute atomic E-state index is 11.7. The molecule has 1 aliphatic carbocycles. The fourth-order valence-electron chi connectivity index (χ4n) is 3.44. The lowest BCUT2D eigenvalue weighted by atomic mass is 10.1. The summed E-state index contributed by atoms with van der Waals surface area (Å²) >= 11 is 0. The van der Waals surface area contributed by atoms with Gasteiger partial charge in [-0.15, -0.1) is 0 Å². The summed E-state index contributed by atoms with van der Waals surface area (Å²) in [6, 6.07) is 16.5. The first-order valence-corrected chi connectivity index (χ1v) is 9.18. The fourth-order valence-corrected chi connectivity index (χ4v) is 3.44. The Kier molecular flexibility index (Phi) is 4.73. The van der Waals surface area contributed by atoms with E-state index in [1.807, 2.05) is 30.3 Å². The Balaban J connectivity index is 1.70. The number of nitrogens with one attached hydrogen (secondary N) is 1. The zero-order valence-corrected chi connectivity index (χ0v) is 15.3. The summed E-state index contributed by atoms with van der Waals surface area (Å²) in [5.41, 5.74) is 7.68. The summed E-state index contributed by atoms with van der Waals surface area (Å²) in [6.07, 6.45) is 4.00. The van der Waals surface area contributed by atoms with Gasteiger partial charge in [0.1, 0.15) is 12.1 Å². The van der Waals surface area contributed by atoms with Crippen molar-refractivity contribution >= 4 is 22.6 Å². The maximum atomic E-state index is 11.7. The second kappa shape index (κ2) is 7.32. The standard InChI is InChI=1S/C21H23N5O/c1-26(15-10-11-15)12-18(14-6-3-2-4-7-14)25-21-17-9-5-8-16(20(22)27)19(17)23-13-24-21/h2-9,13,15,18H,10-12H2,1H3,(H2,22,27)(H,23,24,25)/t18-/m1/s1. The Hall–Kier alpha value is -2.99. The number of hydrogen-bond acceptors (Lipinski definition) is 5. The number of fused-ring (bicyclic) bond motifs is 1. The molecule has 0 saturated heterocycles. The normalized spacial score (nSPS) is 15.0. The summed E-state index contributed by atoms with van der Waals surface area (Å²) in [6.45, 7) is 0.871. The smallest absolute Gasteiger partial charge is 0.250 e. The zero-order valence-electron chi connectivity index (χ0n) is 15.3. The highest BCUT2D eigenvalue weighted by Crippen LogP contribution is 2.30. The van der Waals surface area contributed by atoms with Crippen LogP contribution in [0.25, 0.3) is 10.9 Å². The second-order valence-electron chi connectivity index (χ2n) is 7.07. The summed E-state index contributed by atoms with van der Waals surface area (Å²) < 4.78 is 0. The molecule has 6 heteroatoms. The van der Waals surface area contributed by atoms with Gasteiger partial charge in [-0.3, -0.25) is 4.79 Å². The van der Waals surface area contributed by atoms with Crippen molar-refractivity contribution in [2.75, 3.05) is 18.9 Å². The summed E-state index contributed by atoms with van der Waals surface area (Å²) in [5, 5.41) is 4.37. The molecule has 6 nitrogen and oxygen atoms in total. The van der Waals surface area contributed by atoms with Crippen LogP contribution in [0.15, 0.2) is 54.9 Å². The minimum Gasteiger partial charge on any atom is -0.366 e. The third-order valence-corrected chi connectivity index (χ3v) is 5.08. The molecule has 4 rings (SSSR count). The quantitative estimate of drug-likeness (QED) is 0.676. The van der Waals surface area contributed by atoms with E-state index in [1.165, 1.54) is 24.7 Å². The number of amides is 1. The number of para-hydroxylation sites is 1. The van der Waals surface area contributed by atoms with Crippen molar-refractivity contribution in [3.05, 3.63) is 66.0 Å². The Labute approximate surface area is 158 Å². The van der Waals surface area contributed by atoms with Gasteiger partial charge in [-0.1, -0.05) is 36.4 Å². The minimum absolute atomic E-state index is 0.0761. The number of likely N-dealkylation sites (N-methyl/N-ethyl adjacent to an activating group) is 1. The molecule has 0 spiro atoms. The Morgan fingerprint density at radius 2 is 1.96 bits per heavy atom. The highest BCUT2D eigenvalue weighted by Gasteiger charge is 2.28. The van der Waals surface area contributed by atoms with Gasteiger partial charge in [0, 0.05) is 18.0 Å². The van der Waals surface area contributed by atoms with Crippen molar-refractivity contribution in [1.82, 2.24) is 14.9 Å². The maximum Gasteiger partial charge on any atom is 0.250 e.